The highest BCUT2D eigenvalue weighted by atomic mass is 32.1. The summed E-state index contributed by atoms with van der Waals surface area (Å²) >= 11 is 1.32. The lowest BCUT2D eigenvalue weighted by molar-refractivity contribution is -0.115. The molecule has 0 bridgehead atoms. The number of carbonyl (C=O) groups excluding carboxylic acids is 2. The van der Waals surface area contributed by atoms with E-state index in [0.717, 1.165) is 24.8 Å². The molecule has 2 heterocycles. The van der Waals surface area contributed by atoms with Crippen LogP contribution in [0.1, 0.15) is 42.6 Å². The molecule has 2 aromatic rings. The lowest BCUT2D eigenvalue weighted by Gasteiger charge is -2.13. The summed E-state index contributed by atoms with van der Waals surface area (Å²) < 4.78 is 0. The summed E-state index contributed by atoms with van der Waals surface area (Å²) in [5, 5.41) is 7.74. The Hall–Kier alpha value is -2.54. The number of amides is 2. The molecule has 2 aromatic heterocycles. The van der Waals surface area contributed by atoms with E-state index < -0.39 is 5.91 Å². The van der Waals surface area contributed by atoms with E-state index in [-0.39, 0.29) is 11.6 Å². The monoisotopic (exact) mass is 342 g/mol. The third kappa shape index (κ3) is 4.26. The van der Waals surface area contributed by atoms with Gasteiger partial charge in [-0.15, -0.1) is 11.3 Å². The molecule has 6 nitrogen and oxygen atoms in total. The molecule has 1 aliphatic rings. The molecule has 1 aliphatic carbocycles. The van der Waals surface area contributed by atoms with Crippen molar-refractivity contribution >= 4 is 34.0 Å². The quantitative estimate of drug-likeness (QED) is 0.813. The molecule has 2 N–H and O–H groups in total. The van der Waals surface area contributed by atoms with Gasteiger partial charge in [-0.05, 0) is 37.8 Å². The molecule has 24 heavy (non-hydrogen) atoms. The molecule has 7 heteroatoms. The van der Waals surface area contributed by atoms with Gasteiger partial charge in [0.25, 0.3) is 5.91 Å². The van der Waals surface area contributed by atoms with E-state index in [0.29, 0.717) is 17.2 Å². The molecule has 0 saturated carbocycles. The van der Waals surface area contributed by atoms with Crippen molar-refractivity contribution in [1.29, 1.82) is 0 Å². The number of hydrogen-bond donors (Lipinski definition) is 2. The Morgan fingerprint density at radius 2 is 2.08 bits per heavy atom. The van der Waals surface area contributed by atoms with E-state index in [9.17, 15) is 9.59 Å². The Kier molecular flexibility index (Phi) is 5.32. The van der Waals surface area contributed by atoms with Gasteiger partial charge in [0.15, 0.2) is 10.8 Å². The lowest BCUT2D eigenvalue weighted by atomic mass is 9.97. The number of anilines is 2. The van der Waals surface area contributed by atoms with Crippen LogP contribution in [-0.4, -0.2) is 21.8 Å². The molecule has 0 spiro atoms. The summed E-state index contributed by atoms with van der Waals surface area (Å²) in [6, 6.07) is 3.37. The van der Waals surface area contributed by atoms with Gasteiger partial charge < -0.3 is 5.32 Å². The largest absolute Gasteiger partial charge is 0.324 e. The van der Waals surface area contributed by atoms with E-state index in [2.05, 4.69) is 26.7 Å². The minimum Gasteiger partial charge on any atom is -0.324 e. The highest BCUT2D eigenvalue weighted by Gasteiger charge is 2.16. The molecule has 3 rings (SSSR count). The fraction of sp³-hybridized carbons (Fsp3) is 0.294. The smallest absolute Gasteiger partial charge is 0.278 e. The Bertz CT molecular complexity index is 756. The van der Waals surface area contributed by atoms with Crippen molar-refractivity contribution in [3.05, 3.63) is 47.2 Å². The molecule has 0 aliphatic heterocycles. The Morgan fingerprint density at radius 1 is 1.17 bits per heavy atom. The van der Waals surface area contributed by atoms with Crippen LogP contribution in [0.25, 0.3) is 0 Å². The molecular formula is C17H18N4O2S. The zero-order valence-corrected chi connectivity index (χ0v) is 13.9. The van der Waals surface area contributed by atoms with Gasteiger partial charge in [0.05, 0.1) is 5.69 Å². The van der Waals surface area contributed by atoms with Crippen LogP contribution in [0.3, 0.4) is 0 Å². The van der Waals surface area contributed by atoms with E-state index in [1.807, 2.05) is 0 Å². The minimum absolute atomic E-state index is 0.126. The second kappa shape index (κ2) is 7.83. The maximum Gasteiger partial charge on any atom is 0.278 e. The molecule has 0 unspecified atom stereocenters. The number of nitrogens with one attached hydrogen (secondary N) is 2. The van der Waals surface area contributed by atoms with Gasteiger partial charge in [0.2, 0.25) is 5.91 Å². The molecule has 124 valence electrons. The molecule has 2 amide bonds. The van der Waals surface area contributed by atoms with Gasteiger partial charge in [-0.1, -0.05) is 11.6 Å². The first-order valence-electron chi connectivity index (χ1n) is 7.86. The number of rotatable bonds is 5. The molecule has 0 radical (unpaired) electrons. The molecule has 0 saturated heterocycles. The van der Waals surface area contributed by atoms with Crippen LogP contribution in [0.15, 0.2) is 41.6 Å². The summed E-state index contributed by atoms with van der Waals surface area (Å²) in [5.74, 6) is -0.516. The molecular weight excluding hydrogens is 324 g/mol. The number of aromatic nitrogens is 2. The van der Waals surface area contributed by atoms with Gasteiger partial charge in [-0.3, -0.25) is 14.9 Å². The van der Waals surface area contributed by atoms with Crippen molar-refractivity contribution in [2.75, 3.05) is 10.6 Å². The summed E-state index contributed by atoms with van der Waals surface area (Å²) in [7, 11) is 0. The van der Waals surface area contributed by atoms with Crippen molar-refractivity contribution in [1.82, 2.24) is 9.97 Å². The number of carbonyl (C=O) groups is 2. The van der Waals surface area contributed by atoms with Crippen LogP contribution in [-0.2, 0) is 4.79 Å². The summed E-state index contributed by atoms with van der Waals surface area (Å²) in [4.78, 5) is 32.7. The Labute approximate surface area is 144 Å². The average molecular weight is 342 g/mol. The Morgan fingerprint density at radius 3 is 2.83 bits per heavy atom. The van der Waals surface area contributed by atoms with Gasteiger partial charge in [0.1, 0.15) is 0 Å². The van der Waals surface area contributed by atoms with Crippen molar-refractivity contribution < 1.29 is 9.59 Å². The van der Waals surface area contributed by atoms with Gasteiger partial charge in [0, 0.05) is 24.2 Å². The van der Waals surface area contributed by atoms with Crippen LogP contribution >= 0.6 is 11.3 Å². The number of pyridine rings is 1. The zero-order chi connectivity index (χ0) is 16.8. The number of allylic oxidation sites excluding steroid dienone is 1. The third-order valence-corrected chi connectivity index (χ3v) is 4.41. The standard InChI is InChI=1S/C17H18N4O2S/c22-14(11-12-5-2-1-3-6-12)20-13-7-4-8-18-15(13)16(23)21-17-19-9-10-24-17/h4-5,7-10H,1-3,6,11H2,(H,20,22)(H,19,21,23). The van der Waals surface area contributed by atoms with Crippen LogP contribution in [0.2, 0.25) is 0 Å². The van der Waals surface area contributed by atoms with E-state index >= 15 is 0 Å². The maximum atomic E-state index is 12.3. The van der Waals surface area contributed by atoms with Crippen LogP contribution in [0.5, 0.6) is 0 Å². The fourth-order valence-corrected chi connectivity index (χ4v) is 3.12. The van der Waals surface area contributed by atoms with E-state index in [4.69, 9.17) is 0 Å². The van der Waals surface area contributed by atoms with Crippen LogP contribution in [0, 0.1) is 0 Å². The van der Waals surface area contributed by atoms with Gasteiger partial charge in [-0.2, -0.15) is 0 Å². The topological polar surface area (TPSA) is 84.0 Å². The summed E-state index contributed by atoms with van der Waals surface area (Å²) in [5.41, 5.74) is 1.75. The predicted molar refractivity (Wildman–Crippen MR) is 94.1 cm³/mol. The van der Waals surface area contributed by atoms with Crippen molar-refractivity contribution in [3.8, 4) is 0 Å². The SMILES string of the molecule is O=C(CC1=CCCCC1)Nc1cccnc1C(=O)Nc1nccs1. The van der Waals surface area contributed by atoms with E-state index in [1.54, 1.807) is 23.7 Å². The fourth-order valence-electron chi connectivity index (χ4n) is 2.59. The summed E-state index contributed by atoms with van der Waals surface area (Å²) in [6.07, 6.45) is 9.97. The molecule has 0 fully saturated rings. The minimum atomic E-state index is -0.391. The first-order valence-corrected chi connectivity index (χ1v) is 8.74. The normalized spacial score (nSPS) is 13.9. The average Bonchev–Trinajstić information content (AvgIpc) is 3.09. The highest BCUT2D eigenvalue weighted by molar-refractivity contribution is 7.13. The van der Waals surface area contributed by atoms with Gasteiger partial charge >= 0.3 is 0 Å². The number of nitrogens with zero attached hydrogens (tertiary/aromatic N) is 2. The Balaban J connectivity index is 1.68. The number of hydrogen-bond acceptors (Lipinski definition) is 5. The van der Waals surface area contributed by atoms with E-state index in [1.165, 1.54) is 24.0 Å². The van der Waals surface area contributed by atoms with Crippen LogP contribution in [0.4, 0.5) is 10.8 Å². The second-order valence-electron chi connectivity index (χ2n) is 5.52. The first kappa shape index (κ1) is 16.3. The van der Waals surface area contributed by atoms with Crippen LogP contribution < -0.4 is 10.6 Å². The maximum absolute atomic E-state index is 12.3. The third-order valence-electron chi connectivity index (χ3n) is 3.72. The summed E-state index contributed by atoms with van der Waals surface area (Å²) in [6.45, 7) is 0. The van der Waals surface area contributed by atoms with Crippen molar-refractivity contribution in [3.63, 3.8) is 0 Å². The number of thiazole rings is 1. The molecule has 0 atom stereocenters. The molecule has 0 aromatic carbocycles. The second-order valence-corrected chi connectivity index (χ2v) is 6.42. The highest BCUT2D eigenvalue weighted by Crippen LogP contribution is 2.21. The predicted octanol–water partition coefficient (Wildman–Crippen LogP) is 3.62. The lowest BCUT2D eigenvalue weighted by Crippen LogP contribution is -2.19. The first-order chi connectivity index (χ1) is 11.7. The zero-order valence-electron chi connectivity index (χ0n) is 13.1. The van der Waals surface area contributed by atoms with Crippen molar-refractivity contribution in [2.45, 2.75) is 32.1 Å². The van der Waals surface area contributed by atoms with Crippen molar-refractivity contribution in [2.24, 2.45) is 0 Å². The van der Waals surface area contributed by atoms with Gasteiger partial charge in [-0.25, -0.2) is 9.97 Å².